The minimum absolute atomic E-state index is 0.569. The monoisotopic (exact) mass is 297 g/mol. The van der Waals surface area contributed by atoms with Gasteiger partial charge in [-0.2, -0.15) is 9.78 Å². The number of hydrogen-bond donors (Lipinski definition) is 0. The van der Waals surface area contributed by atoms with E-state index in [1.54, 1.807) is 11.0 Å². The summed E-state index contributed by atoms with van der Waals surface area (Å²) >= 11 is 0. The number of unbranched alkanes of at least 4 members (excludes halogenated alkanes) is 2. The van der Waals surface area contributed by atoms with Crippen LogP contribution in [0.3, 0.4) is 0 Å². The second kappa shape index (κ2) is 8.85. The first-order chi connectivity index (χ1) is 10.8. The fraction of sp³-hybridized carbons (Fsp3) is 0.389. The molecule has 0 saturated carbocycles. The average Bonchev–Trinajstić information content (AvgIpc) is 3.08. The highest BCUT2D eigenvalue weighted by molar-refractivity contribution is 5.68. The molecule has 0 spiro atoms. The van der Waals surface area contributed by atoms with Crippen LogP contribution in [-0.4, -0.2) is 21.4 Å². The molecule has 116 valence electrons. The van der Waals surface area contributed by atoms with Crippen LogP contribution >= 0.6 is 0 Å². The van der Waals surface area contributed by atoms with Gasteiger partial charge in [-0.15, -0.1) is 0 Å². The van der Waals surface area contributed by atoms with Gasteiger partial charge in [0.1, 0.15) is 12.7 Å². The van der Waals surface area contributed by atoms with Gasteiger partial charge in [0.05, 0.1) is 6.61 Å². The first-order valence-electron chi connectivity index (χ1n) is 7.88. The van der Waals surface area contributed by atoms with Crippen molar-refractivity contribution < 1.29 is 4.74 Å². The summed E-state index contributed by atoms with van der Waals surface area (Å²) in [6.45, 7) is 4.74. The molecule has 0 amide bonds. The zero-order valence-corrected chi connectivity index (χ0v) is 13.3. The second-order valence-corrected chi connectivity index (χ2v) is 5.00. The minimum atomic E-state index is 0.569. The lowest BCUT2D eigenvalue weighted by atomic mass is 10.0. The van der Waals surface area contributed by atoms with Gasteiger partial charge < -0.3 is 4.74 Å². The van der Waals surface area contributed by atoms with Gasteiger partial charge in [-0.25, -0.2) is 4.98 Å². The van der Waals surface area contributed by atoms with Crippen molar-refractivity contribution in [3.63, 3.8) is 0 Å². The molecule has 1 aromatic heterocycles. The maximum absolute atomic E-state index is 5.69. The highest BCUT2D eigenvalue weighted by Crippen LogP contribution is 2.21. The van der Waals surface area contributed by atoms with Crippen LogP contribution < -0.4 is 0 Å². The van der Waals surface area contributed by atoms with Crippen molar-refractivity contribution in [2.24, 2.45) is 0 Å². The molecule has 0 aliphatic carbocycles. The summed E-state index contributed by atoms with van der Waals surface area (Å²) in [4.78, 5) is 3.98. The third-order valence-corrected chi connectivity index (χ3v) is 3.32. The summed E-state index contributed by atoms with van der Waals surface area (Å²) in [5, 5.41) is 4.15. The summed E-state index contributed by atoms with van der Waals surface area (Å²) in [7, 11) is 0. The van der Waals surface area contributed by atoms with Gasteiger partial charge in [0.2, 0.25) is 0 Å². The Labute approximate surface area is 132 Å². The van der Waals surface area contributed by atoms with Crippen molar-refractivity contribution >= 4 is 11.5 Å². The Morgan fingerprint density at radius 3 is 2.64 bits per heavy atom. The molecular weight excluding hydrogens is 274 g/mol. The second-order valence-electron chi connectivity index (χ2n) is 5.00. The quantitative estimate of drug-likeness (QED) is 0.412. The molecule has 0 aliphatic rings. The van der Waals surface area contributed by atoms with E-state index < -0.39 is 0 Å². The first kappa shape index (κ1) is 16.1. The van der Waals surface area contributed by atoms with Crippen LogP contribution in [0.1, 0.15) is 45.1 Å². The van der Waals surface area contributed by atoms with Gasteiger partial charge in [0.15, 0.2) is 0 Å². The predicted octanol–water partition coefficient (Wildman–Crippen LogP) is 4.38. The van der Waals surface area contributed by atoms with E-state index in [-0.39, 0.29) is 0 Å². The average molecular weight is 297 g/mol. The number of hydrogen-bond acceptors (Lipinski definition) is 3. The third-order valence-electron chi connectivity index (χ3n) is 3.32. The first-order valence-corrected chi connectivity index (χ1v) is 7.88. The molecule has 1 aromatic carbocycles. The van der Waals surface area contributed by atoms with Gasteiger partial charge in [-0.1, -0.05) is 50.1 Å². The van der Waals surface area contributed by atoms with Crippen LogP contribution in [0.25, 0.3) is 11.5 Å². The smallest absolute Gasteiger partial charge is 0.262 e. The number of allylic oxidation sites excluding steroid dienone is 1. The van der Waals surface area contributed by atoms with Gasteiger partial charge >= 0.3 is 0 Å². The van der Waals surface area contributed by atoms with Crippen molar-refractivity contribution in [1.29, 1.82) is 0 Å². The number of nitrogens with zero attached hydrogens (tertiary/aromatic N) is 3. The van der Waals surface area contributed by atoms with E-state index in [0.717, 1.165) is 18.4 Å². The fourth-order valence-electron chi connectivity index (χ4n) is 2.21. The van der Waals surface area contributed by atoms with Gasteiger partial charge in [0.25, 0.3) is 5.88 Å². The maximum atomic E-state index is 5.69. The van der Waals surface area contributed by atoms with Crippen LogP contribution in [0.15, 0.2) is 48.7 Å². The minimum Gasteiger partial charge on any atom is -0.472 e. The van der Waals surface area contributed by atoms with Gasteiger partial charge in [-0.3, -0.25) is 0 Å². The molecule has 0 atom stereocenters. The third kappa shape index (κ3) is 4.61. The van der Waals surface area contributed by atoms with E-state index in [9.17, 15) is 0 Å². The van der Waals surface area contributed by atoms with Crippen molar-refractivity contribution in [3.05, 3.63) is 54.3 Å². The Morgan fingerprint density at radius 2 is 2.00 bits per heavy atom. The SMILES string of the molecule is CCCCCC(=C=C(OCC)n1cncn1)c1ccccc1. The fourth-order valence-corrected chi connectivity index (χ4v) is 2.21. The molecule has 0 saturated heterocycles. The molecule has 0 N–H and O–H groups in total. The summed E-state index contributed by atoms with van der Waals surface area (Å²) in [5.41, 5.74) is 5.73. The Morgan fingerprint density at radius 1 is 1.18 bits per heavy atom. The topological polar surface area (TPSA) is 39.9 Å². The van der Waals surface area contributed by atoms with E-state index >= 15 is 0 Å². The van der Waals surface area contributed by atoms with Crippen LogP contribution in [0.5, 0.6) is 0 Å². The lowest BCUT2D eigenvalue weighted by Gasteiger charge is -2.08. The molecule has 0 fully saturated rings. The predicted molar refractivity (Wildman–Crippen MR) is 88.9 cm³/mol. The van der Waals surface area contributed by atoms with Gasteiger partial charge in [0, 0.05) is 5.57 Å². The Kier molecular flexibility index (Phi) is 6.46. The molecule has 4 heteroatoms. The van der Waals surface area contributed by atoms with E-state index in [0.29, 0.717) is 12.5 Å². The molecule has 0 unspecified atom stereocenters. The molecule has 0 bridgehead atoms. The van der Waals surface area contributed by atoms with Crippen LogP contribution in [0.2, 0.25) is 0 Å². The number of aromatic nitrogens is 3. The normalized spacial score (nSPS) is 10.1. The van der Waals surface area contributed by atoms with E-state index in [2.05, 4.69) is 34.9 Å². The van der Waals surface area contributed by atoms with E-state index in [1.807, 2.05) is 25.1 Å². The number of ether oxygens (including phenoxy) is 1. The maximum Gasteiger partial charge on any atom is 0.262 e. The summed E-state index contributed by atoms with van der Waals surface area (Å²) in [6.07, 6.45) is 7.67. The van der Waals surface area contributed by atoms with Crippen LogP contribution in [0, 0.1) is 0 Å². The number of rotatable bonds is 8. The Balaban J connectivity index is 2.41. The Bertz CT molecular complexity index is 611. The summed E-state index contributed by atoms with van der Waals surface area (Å²) in [5.74, 6) is 0.593. The zero-order chi connectivity index (χ0) is 15.6. The summed E-state index contributed by atoms with van der Waals surface area (Å²) in [6, 6.07) is 10.3. The van der Waals surface area contributed by atoms with Crippen molar-refractivity contribution in [2.45, 2.75) is 39.5 Å². The lowest BCUT2D eigenvalue weighted by molar-refractivity contribution is 0.272. The molecular formula is C18H23N3O. The van der Waals surface area contributed by atoms with Crippen molar-refractivity contribution in [2.75, 3.05) is 6.61 Å². The Hall–Kier alpha value is -2.32. The molecule has 2 aromatic rings. The highest BCUT2D eigenvalue weighted by atomic mass is 16.5. The highest BCUT2D eigenvalue weighted by Gasteiger charge is 2.05. The van der Waals surface area contributed by atoms with Crippen LogP contribution in [0.4, 0.5) is 0 Å². The van der Waals surface area contributed by atoms with Crippen LogP contribution in [-0.2, 0) is 4.74 Å². The van der Waals surface area contributed by atoms with Crippen molar-refractivity contribution in [1.82, 2.24) is 14.8 Å². The van der Waals surface area contributed by atoms with E-state index in [4.69, 9.17) is 4.74 Å². The zero-order valence-electron chi connectivity index (χ0n) is 13.3. The molecule has 0 aliphatic heterocycles. The molecule has 1 heterocycles. The molecule has 0 radical (unpaired) electrons. The summed E-state index contributed by atoms with van der Waals surface area (Å²) < 4.78 is 7.31. The van der Waals surface area contributed by atoms with Crippen molar-refractivity contribution in [3.8, 4) is 0 Å². The molecule has 2 rings (SSSR count). The molecule has 4 nitrogen and oxygen atoms in total. The lowest BCUT2D eigenvalue weighted by Crippen LogP contribution is -2.01. The largest absolute Gasteiger partial charge is 0.472 e. The standard InChI is InChI=1S/C18H23N3O/c1-3-5-7-12-17(16-10-8-6-9-11-16)13-18(22-4-2)21-15-19-14-20-21/h6,8-11,14-15H,3-5,7,12H2,1-2H3. The molecule has 22 heavy (non-hydrogen) atoms. The van der Waals surface area contributed by atoms with E-state index in [1.165, 1.54) is 24.7 Å². The van der Waals surface area contributed by atoms with Gasteiger partial charge in [-0.05, 0) is 31.1 Å². The number of benzene rings is 1.